The summed E-state index contributed by atoms with van der Waals surface area (Å²) in [5, 5.41) is 1.29. The highest BCUT2D eigenvalue weighted by molar-refractivity contribution is 5.99. The maximum absolute atomic E-state index is 13.4. The van der Waals surface area contributed by atoms with Crippen LogP contribution in [0.4, 0.5) is 4.39 Å². The van der Waals surface area contributed by atoms with E-state index in [1.165, 1.54) is 23.2 Å². The lowest BCUT2D eigenvalue weighted by molar-refractivity contribution is -0.123. The molecular formula is C19H25FN2O2. The van der Waals surface area contributed by atoms with Crippen molar-refractivity contribution in [3.8, 4) is 0 Å². The number of nitrogens with one attached hydrogen (secondary N) is 1. The minimum Gasteiger partial charge on any atom is -0.268 e. The van der Waals surface area contributed by atoms with Crippen molar-refractivity contribution in [2.45, 2.75) is 58.4 Å². The maximum Gasteiger partial charge on any atom is 0.272 e. The second-order valence-electron chi connectivity index (χ2n) is 7.09. The fraction of sp³-hybridized carbons (Fsp3) is 0.474. The van der Waals surface area contributed by atoms with Gasteiger partial charge >= 0.3 is 0 Å². The van der Waals surface area contributed by atoms with Crippen molar-refractivity contribution in [3.63, 3.8) is 0 Å². The van der Waals surface area contributed by atoms with Gasteiger partial charge in [0, 0.05) is 11.1 Å². The summed E-state index contributed by atoms with van der Waals surface area (Å²) in [6.07, 6.45) is 6.73. The summed E-state index contributed by atoms with van der Waals surface area (Å²) < 4.78 is 13.4. The Balaban J connectivity index is 2.21. The molecule has 1 aromatic carbocycles. The van der Waals surface area contributed by atoms with Crippen molar-refractivity contribution in [1.82, 2.24) is 10.4 Å². The number of carbonyl (C=O) groups is 2. The number of hydrogen-bond donors (Lipinski definition) is 1. The molecule has 0 saturated heterocycles. The van der Waals surface area contributed by atoms with E-state index in [1.807, 2.05) is 26.8 Å². The molecule has 1 aromatic rings. The summed E-state index contributed by atoms with van der Waals surface area (Å²) in [4.78, 5) is 25.3. The van der Waals surface area contributed by atoms with E-state index in [2.05, 4.69) is 5.43 Å². The number of allylic oxidation sites excluding steroid dienone is 1. The van der Waals surface area contributed by atoms with Crippen molar-refractivity contribution in [2.24, 2.45) is 0 Å². The summed E-state index contributed by atoms with van der Waals surface area (Å²) in [7, 11) is 0. The highest BCUT2D eigenvalue weighted by atomic mass is 19.1. The maximum atomic E-state index is 13.4. The van der Waals surface area contributed by atoms with Crippen LogP contribution in [0.5, 0.6) is 0 Å². The second-order valence-corrected chi connectivity index (χ2v) is 7.09. The van der Waals surface area contributed by atoms with Crippen LogP contribution in [0.1, 0.15) is 63.2 Å². The van der Waals surface area contributed by atoms with Gasteiger partial charge in [0.25, 0.3) is 11.8 Å². The molecule has 1 aliphatic rings. The summed E-state index contributed by atoms with van der Waals surface area (Å²) in [6.45, 7) is 5.48. The number of amides is 2. The minimum absolute atomic E-state index is 0.208. The average molecular weight is 332 g/mol. The van der Waals surface area contributed by atoms with Crippen LogP contribution in [0, 0.1) is 5.82 Å². The molecule has 1 aliphatic carbocycles. The quantitative estimate of drug-likeness (QED) is 0.833. The molecule has 0 unspecified atom stereocenters. The van der Waals surface area contributed by atoms with Crippen LogP contribution in [-0.4, -0.2) is 22.4 Å². The molecule has 2 amide bonds. The summed E-state index contributed by atoms with van der Waals surface area (Å²) >= 11 is 0. The van der Waals surface area contributed by atoms with Gasteiger partial charge in [0.2, 0.25) is 0 Å². The van der Waals surface area contributed by atoms with Gasteiger partial charge in [-0.25, -0.2) is 9.40 Å². The molecule has 0 saturated carbocycles. The van der Waals surface area contributed by atoms with Crippen molar-refractivity contribution in [3.05, 3.63) is 47.3 Å². The van der Waals surface area contributed by atoms with Gasteiger partial charge in [0.15, 0.2) is 0 Å². The van der Waals surface area contributed by atoms with Gasteiger partial charge in [0.1, 0.15) is 5.82 Å². The lowest BCUT2D eigenvalue weighted by Gasteiger charge is -2.35. The third kappa shape index (κ3) is 4.66. The Kier molecular flexibility index (Phi) is 5.75. The number of nitrogens with zero attached hydrogens (tertiary/aromatic N) is 1. The Morgan fingerprint density at radius 2 is 1.92 bits per heavy atom. The molecule has 130 valence electrons. The first-order valence-corrected chi connectivity index (χ1v) is 8.39. The van der Waals surface area contributed by atoms with Gasteiger partial charge in [-0.2, -0.15) is 0 Å². The zero-order chi connectivity index (χ0) is 17.7. The lowest BCUT2D eigenvalue weighted by Crippen LogP contribution is -2.56. The second kappa shape index (κ2) is 7.60. The SMILES string of the molecule is CC(C)(C)N(NC(=O)C1=CCCCCC1)C(=O)c1cccc(F)c1. The zero-order valence-corrected chi connectivity index (χ0v) is 14.6. The van der Waals surface area contributed by atoms with Crippen LogP contribution in [0.25, 0.3) is 0 Å². The minimum atomic E-state index is -0.635. The number of halogens is 1. The van der Waals surface area contributed by atoms with Crippen LogP contribution in [0.2, 0.25) is 0 Å². The van der Waals surface area contributed by atoms with E-state index in [4.69, 9.17) is 0 Å². The number of hydrazine groups is 1. The largest absolute Gasteiger partial charge is 0.272 e. The zero-order valence-electron chi connectivity index (χ0n) is 14.6. The molecule has 0 radical (unpaired) electrons. The molecule has 0 heterocycles. The smallest absolute Gasteiger partial charge is 0.268 e. The lowest BCUT2D eigenvalue weighted by atomic mass is 10.1. The van der Waals surface area contributed by atoms with E-state index in [0.29, 0.717) is 5.57 Å². The first-order chi connectivity index (χ1) is 11.3. The molecule has 24 heavy (non-hydrogen) atoms. The Morgan fingerprint density at radius 3 is 2.58 bits per heavy atom. The highest BCUT2D eigenvalue weighted by Gasteiger charge is 2.30. The van der Waals surface area contributed by atoms with Gasteiger partial charge < -0.3 is 0 Å². The van der Waals surface area contributed by atoms with Crippen molar-refractivity contribution >= 4 is 11.8 Å². The van der Waals surface area contributed by atoms with Crippen molar-refractivity contribution in [2.75, 3.05) is 0 Å². The summed E-state index contributed by atoms with van der Waals surface area (Å²) in [5.74, 6) is -1.16. The molecule has 4 nitrogen and oxygen atoms in total. The Bertz CT molecular complexity index is 647. The number of rotatable bonds is 2. The van der Waals surface area contributed by atoms with Crippen molar-refractivity contribution < 1.29 is 14.0 Å². The Hall–Kier alpha value is -2.17. The van der Waals surface area contributed by atoms with Crippen LogP contribution in [-0.2, 0) is 4.79 Å². The normalized spacial score (nSPS) is 15.2. The first kappa shape index (κ1) is 18.2. The molecule has 0 aromatic heterocycles. The van der Waals surface area contributed by atoms with E-state index < -0.39 is 17.3 Å². The predicted octanol–water partition coefficient (Wildman–Crippen LogP) is 3.99. The van der Waals surface area contributed by atoms with Crippen molar-refractivity contribution in [1.29, 1.82) is 0 Å². The average Bonchev–Trinajstić information content (AvgIpc) is 2.80. The summed E-state index contributed by atoms with van der Waals surface area (Å²) in [6, 6.07) is 5.49. The predicted molar refractivity (Wildman–Crippen MR) is 91.6 cm³/mol. The van der Waals surface area contributed by atoms with Crippen LogP contribution < -0.4 is 5.43 Å². The highest BCUT2D eigenvalue weighted by Crippen LogP contribution is 2.20. The Labute approximate surface area is 142 Å². The third-order valence-electron chi connectivity index (χ3n) is 3.99. The molecule has 0 fully saturated rings. The van der Waals surface area contributed by atoms with Gasteiger partial charge in [-0.05, 0) is 64.7 Å². The van der Waals surface area contributed by atoms with E-state index >= 15 is 0 Å². The van der Waals surface area contributed by atoms with Crippen LogP contribution in [0.15, 0.2) is 35.9 Å². The topological polar surface area (TPSA) is 49.4 Å². The molecule has 0 atom stereocenters. The van der Waals surface area contributed by atoms with Gasteiger partial charge in [-0.15, -0.1) is 0 Å². The fourth-order valence-corrected chi connectivity index (χ4v) is 2.67. The molecule has 0 spiro atoms. The third-order valence-corrected chi connectivity index (χ3v) is 3.99. The van der Waals surface area contributed by atoms with E-state index in [-0.39, 0.29) is 11.5 Å². The molecule has 0 aliphatic heterocycles. The first-order valence-electron chi connectivity index (χ1n) is 8.39. The van der Waals surface area contributed by atoms with E-state index in [0.717, 1.165) is 32.1 Å². The van der Waals surface area contributed by atoms with Crippen LogP contribution >= 0.6 is 0 Å². The summed E-state index contributed by atoms with van der Waals surface area (Å²) in [5.41, 5.74) is 3.02. The molecule has 2 rings (SSSR count). The molecule has 0 bridgehead atoms. The molecule has 1 N–H and O–H groups in total. The van der Waals surface area contributed by atoms with Gasteiger partial charge in [-0.3, -0.25) is 15.0 Å². The fourth-order valence-electron chi connectivity index (χ4n) is 2.67. The Morgan fingerprint density at radius 1 is 1.17 bits per heavy atom. The molecule has 5 heteroatoms. The number of carbonyl (C=O) groups excluding carboxylic acids is 2. The number of benzene rings is 1. The molecular weight excluding hydrogens is 307 g/mol. The monoisotopic (exact) mass is 332 g/mol. The van der Waals surface area contributed by atoms with Crippen LogP contribution in [0.3, 0.4) is 0 Å². The van der Waals surface area contributed by atoms with Gasteiger partial charge in [-0.1, -0.05) is 18.6 Å². The van der Waals surface area contributed by atoms with E-state index in [1.54, 1.807) is 6.07 Å². The number of hydrogen-bond acceptors (Lipinski definition) is 2. The van der Waals surface area contributed by atoms with Gasteiger partial charge in [0.05, 0.1) is 5.54 Å². The standard InChI is InChI=1S/C19H25FN2O2/c1-19(2,3)22(18(24)15-11-8-12-16(20)13-15)21-17(23)14-9-6-4-5-7-10-14/h8-9,11-13H,4-7,10H2,1-3H3,(H,21,23). The van der Waals surface area contributed by atoms with E-state index in [9.17, 15) is 14.0 Å².